The summed E-state index contributed by atoms with van der Waals surface area (Å²) in [5.74, 6) is 0.171. The maximum atomic E-state index is 11.5. The van der Waals surface area contributed by atoms with Gasteiger partial charge in [-0.25, -0.2) is 13.1 Å². The van der Waals surface area contributed by atoms with Crippen LogP contribution in [0.1, 0.15) is 19.8 Å². The molecule has 0 aliphatic rings. The van der Waals surface area contributed by atoms with Gasteiger partial charge in [-0.3, -0.25) is 0 Å². The van der Waals surface area contributed by atoms with Gasteiger partial charge in [0.05, 0.1) is 5.75 Å². The number of rotatable bonds is 8. The summed E-state index contributed by atoms with van der Waals surface area (Å²) >= 11 is 0. The van der Waals surface area contributed by atoms with Gasteiger partial charge in [0.1, 0.15) is 0 Å². The number of nitrogens with zero attached hydrogens (tertiary/aromatic N) is 1. The van der Waals surface area contributed by atoms with E-state index in [0.717, 1.165) is 6.42 Å². The van der Waals surface area contributed by atoms with E-state index in [-0.39, 0.29) is 11.8 Å². The highest BCUT2D eigenvalue weighted by Crippen LogP contribution is 1.95. The second-order valence-corrected chi connectivity index (χ2v) is 5.90. The Hall–Kier alpha value is -0.170. The number of sulfonamides is 1. The standard InChI is InChI=1S/C9H23N3O2S/c1-9(12(2)3)8-11-15(13,14)7-5-4-6-10/h9,11H,4-8,10H2,1-3H3. The van der Waals surface area contributed by atoms with Crippen LogP contribution in [0.25, 0.3) is 0 Å². The van der Waals surface area contributed by atoms with E-state index in [1.807, 2.05) is 25.9 Å². The number of unbranched alkanes of at least 4 members (excludes halogenated alkanes) is 1. The molecule has 0 fully saturated rings. The van der Waals surface area contributed by atoms with Crippen molar-refractivity contribution >= 4 is 10.0 Å². The van der Waals surface area contributed by atoms with Crippen molar-refractivity contribution in [1.29, 1.82) is 0 Å². The fourth-order valence-electron chi connectivity index (χ4n) is 0.939. The minimum absolute atomic E-state index is 0.171. The zero-order valence-electron chi connectivity index (χ0n) is 9.86. The predicted octanol–water partition coefficient (Wildman–Crippen LogP) is -0.405. The van der Waals surface area contributed by atoms with Gasteiger partial charge in [-0.15, -0.1) is 0 Å². The van der Waals surface area contributed by atoms with Gasteiger partial charge in [0, 0.05) is 12.6 Å². The fraction of sp³-hybridized carbons (Fsp3) is 1.00. The van der Waals surface area contributed by atoms with Gasteiger partial charge >= 0.3 is 0 Å². The minimum Gasteiger partial charge on any atom is -0.330 e. The van der Waals surface area contributed by atoms with Crippen LogP contribution in [0.3, 0.4) is 0 Å². The molecule has 0 aromatic rings. The molecule has 0 aromatic carbocycles. The zero-order valence-corrected chi connectivity index (χ0v) is 10.7. The molecule has 1 atom stereocenters. The lowest BCUT2D eigenvalue weighted by molar-refractivity contribution is 0.314. The average molecular weight is 237 g/mol. The number of hydrogen-bond donors (Lipinski definition) is 2. The summed E-state index contributed by atoms with van der Waals surface area (Å²) in [5, 5.41) is 0. The Morgan fingerprint density at radius 3 is 2.40 bits per heavy atom. The van der Waals surface area contributed by atoms with E-state index in [4.69, 9.17) is 5.73 Å². The van der Waals surface area contributed by atoms with E-state index < -0.39 is 10.0 Å². The molecule has 5 nitrogen and oxygen atoms in total. The van der Waals surface area contributed by atoms with Crippen LogP contribution in [0.5, 0.6) is 0 Å². The van der Waals surface area contributed by atoms with E-state index in [0.29, 0.717) is 19.5 Å². The molecule has 1 unspecified atom stereocenters. The van der Waals surface area contributed by atoms with Gasteiger partial charge in [0.25, 0.3) is 0 Å². The van der Waals surface area contributed by atoms with Gasteiger partial charge in [-0.1, -0.05) is 0 Å². The Morgan fingerprint density at radius 1 is 1.33 bits per heavy atom. The van der Waals surface area contributed by atoms with Crippen molar-refractivity contribution in [3.05, 3.63) is 0 Å². The Balaban J connectivity index is 3.84. The highest BCUT2D eigenvalue weighted by atomic mass is 32.2. The highest BCUT2D eigenvalue weighted by Gasteiger charge is 2.12. The third-order valence-corrected chi connectivity index (χ3v) is 3.78. The van der Waals surface area contributed by atoms with Crippen molar-refractivity contribution in [2.45, 2.75) is 25.8 Å². The summed E-state index contributed by atoms with van der Waals surface area (Å²) < 4.78 is 25.5. The lowest BCUT2D eigenvalue weighted by atomic mass is 10.3. The Labute approximate surface area is 93.1 Å². The van der Waals surface area contributed by atoms with E-state index in [1.54, 1.807) is 0 Å². The monoisotopic (exact) mass is 237 g/mol. The van der Waals surface area contributed by atoms with Gasteiger partial charge in [0.2, 0.25) is 10.0 Å². The average Bonchev–Trinajstić information content (AvgIpc) is 2.14. The summed E-state index contributed by atoms with van der Waals surface area (Å²) in [5.41, 5.74) is 5.30. The first-order valence-electron chi connectivity index (χ1n) is 5.23. The SMILES string of the molecule is CC(CNS(=O)(=O)CCCCN)N(C)C. The first-order chi connectivity index (χ1) is 6.89. The number of hydrogen-bond acceptors (Lipinski definition) is 4. The van der Waals surface area contributed by atoms with Gasteiger partial charge in [-0.2, -0.15) is 0 Å². The fourth-order valence-corrected chi connectivity index (χ4v) is 2.16. The summed E-state index contributed by atoms with van der Waals surface area (Å²) in [6.45, 7) is 2.98. The predicted molar refractivity (Wildman–Crippen MR) is 63.2 cm³/mol. The molecule has 0 aromatic heterocycles. The molecule has 0 heterocycles. The quantitative estimate of drug-likeness (QED) is 0.563. The summed E-state index contributed by atoms with van der Waals surface area (Å²) in [7, 11) is 0.733. The van der Waals surface area contributed by atoms with E-state index in [9.17, 15) is 8.42 Å². The highest BCUT2D eigenvalue weighted by molar-refractivity contribution is 7.89. The lowest BCUT2D eigenvalue weighted by Crippen LogP contribution is -2.39. The van der Waals surface area contributed by atoms with Gasteiger partial charge in [0.15, 0.2) is 0 Å². The van der Waals surface area contributed by atoms with Crippen LogP contribution in [0.15, 0.2) is 0 Å². The molecule has 3 N–H and O–H groups in total. The number of nitrogens with two attached hydrogens (primary N) is 1. The topological polar surface area (TPSA) is 75.4 Å². The molecule has 0 saturated carbocycles. The van der Waals surface area contributed by atoms with Crippen LogP contribution in [-0.2, 0) is 10.0 Å². The molecule has 0 bridgehead atoms. The molecular weight excluding hydrogens is 214 g/mol. The Bertz CT molecular complexity index is 252. The smallest absolute Gasteiger partial charge is 0.211 e. The van der Waals surface area contributed by atoms with E-state index >= 15 is 0 Å². The van der Waals surface area contributed by atoms with Gasteiger partial charge < -0.3 is 10.6 Å². The van der Waals surface area contributed by atoms with Crippen LogP contribution in [-0.4, -0.2) is 52.3 Å². The molecule has 0 saturated heterocycles. The third kappa shape index (κ3) is 7.72. The van der Waals surface area contributed by atoms with Crippen molar-refractivity contribution in [1.82, 2.24) is 9.62 Å². The molecular formula is C9H23N3O2S. The Morgan fingerprint density at radius 2 is 1.93 bits per heavy atom. The van der Waals surface area contributed by atoms with Crippen molar-refractivity contribution in [2.75, 3.05) is 32.9 Å². The molecule has 0 amide bonds. The van der Waals surface area contributed by atoms with Crippen molar-refractivity contribution in [3.8, 4) is 0 Å². The minimum atomic E-state index is -3.11. The van der Waals surface area contributed by atoms with Crippen LogP contribution < -0.4 is 10.5 Å². The first-order valence-corrected chi connectivity index (χ1v) is 6.88. The summed E-state index contributed by atoms with van der Waals surface area (Å²) in [4.78, 5) is 1.97. The largest absolute Gasteiger partial charge is 0.330 e. The van der Waals surface area contributed by atoms with Crippen LogP contribution >= 0.6 is 0 Å². The molecule has 15 heavy (non-hydrogen) atoms. The zero-order chi connectivity index (χ0) is 11.9. The Kier molecular flexibility index (Phi) is 7.08. The van der Waals surface area contributed by atoms with Crippen LogP contribution in [0, 0.1) is 0 Å². The van der Waals surface area contributed by atoms with Crippen molar-refractivity contribution in [2.24, 2.45) is 5.73 Å². The molecule has 0 radical (unpaired) electrons. The normalized spacial score (nSPS) is 14.5. The maximum Gasteiger partial charge on any atom is 0.211 e. The molecule has 0 aliphatic carbocycles. The van der Waals surface area contributed by atoms with Crippen LogP contribution in [0.4, 0.5) is 0 Å². The molecule has 92 valence electrons. The molecule has 6 heteroatoms. The van der Waals surface area contributed by atoms with Crippen molar-refractivity contribution in [3.63, 3.8) is 0 Å². The van der Waals surface area contributed by atoms with E-state index in [1.165, 1.54) is 0 Å². The number of nitrogens with one attached hydrogen (secondary N) is 1. The summed E-state index contributed by atoms with van der Waals surface area (Å²) in [6.07, 6.45) is 1.38. The second-order valence-electron chi connectivity index (χ2n) is 3.98. The van der Waals surface area contributed by atoms with Crippen molar-refractivity contribution < 1.29 is 8.42 Å². The molecule has 0 spiro atoms. The van der Waals surface area contributed by atoms with E-state index in [2.05, 4.69) is 4.72 Å². The van der Waals surface area contributed by atoms with Crippen LogP contribution in [0.2, 0.25) is 0 Å². The number of likely N-dealkylation sites (N-methyl/N-ethyl adjacent to an activating group) is 1. The lowest BCUT2D eigenvalue weighted by Gasteiger charge is -2.19. The molecule has 0 aliphatic heterocycles. The maximum absolute atomic E-state index is 11.5. The molecule has 0 rings (SSSR count). The third-order valence-electron chi connectivity index (χ3n) is 2.35. The first kappa shape index (κ1) is 14.8. The van der Waals surface area contributed by atoms with Gasteiger partial charge in [-0.05, 0) is 40.4 Å². The summed E-state index contributed by atoms with van der Waals surface area (Å²) in [6, 6.07) is 0.203. The second kappa shape index (κ2) is 7.16.